The molecule has 1 aromatic rings. The van der Waals surface area contributed by atoms with Crippen molar-refractivity contribution in [2.75, 3.05) is 11.9 Å². The summed E-state index contributed by atoms with van der Waals surface area (Å²) < 4.78 is 10.6. The summed E-state index contributed by atoms with van der Waals surface area (Å²) in [7, 11) is 0. The molecule has 2 saturated carbocycles. The van der Waals surface area contributed by atoms with Gasteiger partial charge in [-0.1, -0.05) is 18.2 Å². The number of amides is 1. The average Bonchev–Trinajstić information content (AvgIpc) is 3.18. The van der Waals surface area contributed by atoms with E-state index in [1.54, 1.807) is 0 Å². The molecule has 3 fully saturated rings. The van der Waals surface area contributed by atoms with Gasteiger partial charge in [-0.25, -0.2) is 0 Å². The Kier molecular flexibility index (Phi) is 3.78. The number of hydrogen-bond donors (Lipinski definition) is 1. The van der Waals surface area contributed by atoms with Crippen LogP contribution in [0.25, 0.3) is 0 Å². The van der Waals surface area contributed by atoms with E-state index in [0.717, 1.165) is 29.7 Å². The van der Waals surface area contributed by atoms with Gasteiger partial charge in [0.1, 0.15) is 6.10 Å². The maximum Gasteiger partial charge on any atom is 0.310 e. The predicted octanol–water partition coefficient (Wildman–Crippen LogP) is 1.98. The molecule has 0 unspecified atom stereocenters. The van der Waals surface area contributed by atoms with Crippen molar-refractivity contribution in [2.45, 2.75) is 32.8 Å². The van der Waals surface area contributed by atoms with Gasteiger partial charge < -0.3 is 14.8 Å². The number of rotatable bonds is 4. The molecule has 0 radical (unpaired) electrons. The molecule has 1 aromatic carbocycles. The van der Waals surface area contributed by atoms with E-state index in [2.05, 4.69) is 5.32 Å². The Morgan fingerprint density at radius 3 is 2.68 bits per heavy atom. The number of benzene rings is 1. The fourth-order valence-electron chi connectivity index (χ4n) is 4.75. The van der Waals surface area contributed by atoms with Crippen LogP contribution >= 0.6 is 0 Å². The van der Waals surface area contributed by atoms with Crippen LogP contribution in [0.3, 0.4) is 0 Å². The van der Waals surface area contributed by atoms with Crippen LogP contribution < -0.4 is 5.32 Å². The zero-order chi connectivity index (χ0) is 17.7. The van der Waals surface area contributed by atoms with Crippen molar-refractivity contribution in [3.63, 3.8) is 0 Å². The molecule has 1 aliphatic heterocycles. The Balaban J connectivity index is 1.36. The highest BCUT2D eigenvalue weighted by atomic mass is 16.6. The maximum absolute atomic E-state index is 12.4. The molecule has 4 rings (SSSR count). The number of carbonyl (C=O) groups excluding carboxylic acids is 3. The number of anilines is 1. The second-order valence-electron chi connectivity index (χ2n) is 7.34. The number of para-hydroxylation sites is 1. The molecule has 5 atom stereocenters. The normalized spacial score (nSPS) is 31.8. The van der Waals surface area contributed by atoms with Gasteiger partial charge in [-0.05, 0) is 43.7 Å². The van der Waals surface area contributed by atoms with Gasteiger partial charge in [0.2, 0.25) is 0 Å². The van der Waals surface area contributed by atoms with E-state index in [1.807, 2.05) is 32.0 Å². The lowest BCUT2D eigenvalue weighted by Gasteiger charge is -2.22. The van der Waals surface area contributed by atoms with E-state index in [1.165, 1.54) is 0 Å². The molecule has 2 aliphatic carbocycles. The summed E-state index contributed by atoms with van der Waals surface area (Å²) in [4.78, 5) is 36.5. The summed E-state index contributed by atoms with van der Waals surface area (Å²) >= 11 is 0. The smallest absolute Gasteiger partial charge is 0.310 e. The van der Waals surface area contributed by atoms with Crippen molar-refractivity contribution in [3.8, 4) is 0 Å². The fourth-order valence-corrected chi connectivity index (χ4v) is 4.75. The molecule has 1 amide bonds. The Labute approximate surface area is 145 Å². The van der Waals surface area contributed by atoms with Crippen LogP contribution in [0.5, 0.6) is 0 Å². The second-order valence-corrected chi connectivity index (χ2v) is 7.34. The molecule has 0 spiro atoms. The number of carbonyl (C=O) groups is 3. The first-order valence-corrected chi connectivity index (χ1v) is 8.69. The highest BCUT2D eigenvalue weighted by Crippen LogP contribution is 2.57. The number of ether oxygens (including phenoxy) is 2. The van der Waals surface area contributed by atoms with Crippen LogP contribution in [0.4, 0.5) is 5.69 Å². The standard InChI is InChI=1S/C19H21NO5/c1-9-4-3-5-10(2)17(9)20-14(21)8-24-18(22)15-11-6-12-13(7-11)25-19(23)16(12)15/h3-5,11-13,15-16H,6-8H2,1-2H3,(H,20,21)/t11-,12-,13-,15+,16+/m1/s1. The van der Waals surface area contributed by atoms with Crippen LogP contribution in [0.15, 0.2) is 18.2 Å². The third-order valence-corrected chi connectivity index (χ3v) is 5.85. The Morgan fingerprint density at radius 2 is 1.96 bits per heavy atom. The minimum Gasteiger partial charge on any atom is -0.462 e. The molecule has 1 N–H and O–H groups in total. The quantitative estimate of drug-likeness (QED) is 0.846. The van der Waals surface area contributed by atoms with E-state index in [9.17, 15) is 14.4 Å². The third-order valence-electron chi connectivity index (χ3n) is 5.85. The topological polar surface area (TPSA) is 81.7 Å². The summed E-state index contributed by atoms with van der Waals surface area (Å²) in [5.41, 5.74) is 2.64. The summed E-state index contributed by atoms with van der Waals surface area (Å²) in [6.07, 6.45) is 1.57. The number of nitrogens with one attached hydrogen (secondary N) is 1. The van der Waals surface area contributed by atoms with Crippen LogP contribution in [-0.4, -0.2) is 30.6 Å². The zero-order valence-corrected chi connectivity index (χ0v) is 14.3. The SMILES string of the molecule is Cc1cccc(C)c1NC(=O)COC(=O)[C@H]1[C@@H]2C[C@H]3[C@@H]1C(=O)O[C@@H]3C2. The van der Waals surface area contributed by atoms with Gasteiger partial charge >= 0.3 is 11.9 Å². The number of esters is 2. The minimum atomic E-state index is -0.454. The Morgan fingerprint density at radius 1 is 1.24 bits per heavy atom. The fraction of sp³-hybridized carbons (Fsp3) is 0.526. The van der Waals surface area contributed by atoms with Crippen molar-refractivity contribution in [3.05, 3.63) is 29.3 Å². The second kappa shape index (κ2) is 5.86. The van der Waals surface area contributed by atoms with Gasteiger partial charge in [0.15, 0.2) is 6.61 Å². The van der Waals surface area contributed by atoms with E-state index in [-0.39, 0.29) is 42.3 Å². The van der Waals surface area contributed by atoms with Gasteiger partial charge in [0, 0.05) is 11.6 Å². The van der Waals surface area contributed by atoms with E-state index in [4.69, 9.17) is 9.47 Å². The van der Waals surface area contributed by atoms with Gasteiger partial charge in [-0.15, -0.1) is 0 Å². The molecular weight excluding hydrogens is 322 g/mol. The van der Waals surface area contributed by atoms with E-state index < -0.39 is 11.9 Å². The predicted molar refractivity (Wildman–Crippen MR) is 88.6 cm³/mol. The average molecular weight is 343 g/mol. The van der Waals surface area contributed by atoms with Gasteiger partial charge in [-0.2, -0.15) is 0 Å². The molecule has 1 heterocycles. The highest BCUT2D eigenvalue weighted by Gasteiger charge is 2.64. The molecule has 132 valence electrons. The molecule has 6 nitrogen and oxygen atoms in total. The van der Waals surface area contributed by atoms with Gasteiger partial charge in [0.05, 0.1) is 11.8 Å². The molecule has 6 heteroatoms. The summed E-state index contributed by atoms with van der Waals surface area (Å²) in [5.74, 6) is -1.65. The molecule has 25 heavy (non-hydrogen) atoms. The van der Waals surface area contributed by atoms with Crippen LogP contribution in [-0.2, 0) is 23.9 Å². The van der Waals surface area contributed by atoms with Crippen LogP contribution in [0, 0.1) is 37.5 Å². The van der Waals surface area contributed by atoms with Crippen LogP contribution in [0.2, 0.25) is 0 Å². The van der Waals surface area contributed by atoms with Crippen LogP contribution in [0.1, 0.15) is 24.0 Å². The number of hydrogen-bond acceptors (Lipinski definition) is 5. The Hall–Kier alpha value is -2.37. The first-order chi connectivity index (χ1) is 12.0. The van der Waals surface area contributed by atoms with Gasteiger partial charge in [-0.3, -0.25) is 14.4 Å². The maximum atomic E-state index is 12.4. The van der Waals surface area contributed by atoms with Gasteiger partial charge in [0.25, 0.3) is 5.91 Å². The summed E-state index contributed by atoms with van der Waals surface area (Å²) in [5, 5.41) is 2.79. The van der Waals surface area contributed by atoms with E-state index >= 15 is 0 Å². The van der Waals surface area contributed by atoms with E-state index in [0.29, 0.717) is 0 Å². The molecule has 1 saturated heterocycles. The lowest BCUT2D eigenvalue weighted by atomic mass is 9.80. The Bertz CT molecular complexity index is 736. The monoisotopic (exact) mass is 343 g/mol. The summed E-state index contributed by atoms with van der Waals surface area (Å²) in [6.45, 7) is 3.48. The van der Waals surface area contributed by atoms with Crippen molar-refractivity contribution < 1.29 is 23.9 Å². The molecule has 0 aromatic heterocycles. The number of fused-ring (bicyclic) bond motifs is 1. The highest BCUT2D eigenvalue weighted by molar-refractivity contribution is 5.94. The zero-order valence-electron chi connectivity index (χ0n) is 14.3. The molecular formula is C19H21NO5. The van der Waals surface area contributed by atoms with Crippen molar-refractivity contribution in [1.29, 1.82) is 0 Å². The third kappa shape index (κ3) is 2.60. The van der Waals surface area contributed by atoms with Crippen molar-refractivity contribution in [1.82, 2.24) is 0 Å². The molecule has 3 aliphatic rings. The minimum absolute atomic E-state index is 0.0149. The lowest BCUT2D eigenvalue weighted by molar-refractivity contribution is -0.157. The van der Waals surface area contributed by atoms with Crippen molar-refractivity contribution in [2.24, 2.45) is 23.7 Å². The van der Waals surface area contributed by atoms with Crippen molar-refractivity contribution >= 4 is 23.5 Å². The first-order valence-electron chi connectivity index (χ1n) is 8.69. The number of aryl methyl sites for hydroxylation is 2. The first kappa shape index (κ1) is 16.1. The lowest BCUT2D eigenvalue weighted by Crippen LogP contribution is -2.35. The molecule has 2 bridgehead atoms. The largest absolute Gasteiger partial charge is 0.462 e. The summed E-state index contributed by atoms with van der Waals surface area (Å²) in [6, 6.07) is 5.74.